The molecule has 4 rings (SSSR count). The molecule has 0 saturated heterocycles. The lowest BCUT2D eigenvalue weighted by molar-refractivity contribution is -0.119. The van der Waals surface area contributed by atoms with Crippen LogP contribution in [0.1, 0.15) is 10.4 Å². The molecular formula is C20H19N5O5S. The van der Waals surface area contributed by atoms with E-state index in [1.54, 1.807) is 36.2 Å². The maximum atomic E-state index is 12.3. The Morgan fingerprint density at radius 1 is 1.10 bits per heavy atom. The topological polar surface area (TPSA) is 117 Å². The molecule has 0 bridgehead atoms. The zero-order valence-electron chi connectivity index (χ0n) is 16.5. The lowest BCUT2D eigenvalue weighted by Gasteiger charge is -2.18. The van der Waals surface area contributed by atoms with Crippen LogP contribution in [0.15, 0.2) is 53.9 Å². The molecule has 2 heterocycles. The zero-order valence-corrected chi connectivity index (χ0v) is 17.3. The fourth-order valence-electron chi connectivity index (χ4n) is 2.79. The van der Waals surface area contributed by atoms with E-state index in [1.807, 2.05) is 24.3 Å². The molecule has 0 unspecified atom stereocenters. The van der Waals surface area contributed by atoms with Crippen LogP contribution in [0.25, 0.3) is 5.69 Å². The van der Waals surface area contributed by atoms with Gasteiger partial charge in [0, 0.05) is 11.3 Å². The number of methoxy groups -OCH3 is 1. The number of ether oxygens (including phenoxy) is 3. The van der Waals surface area contributed by atoms with Crippen LogP contribution >= 0.6 is 11.8 Å². The van der Waals surface area contributed by atoms with Crippen molar-refractivity contribution in [2.75, 3.05) is 26.1 Å². The third-order valence-electron chi connectivity index (χ3n) is 4.32. The van der Waals surface area contributed by atoms with Crippen molar-refractivity contribution in [1.29, 1.82) is 0 Å². The van der Waals surface area contributed by atoms with E-state index in [4.69, 9.17) is 14.2 Å². The molecule has 0 radical (unpaired) electrons. The Bertz CT molecular complexity index is 1090. The van der Waals surface area contributed by atoms with Crippen molar-refractivity contribution in [3.63, 3.8) is 0 Å². The number of carbonyl (C=O) groups excluding carboxylic acids is 2. The number of benzene rings is 2. The summed E-state index contributed by atoms with van der Waals surface area (Å²) in [6.07, 6.45) is 1.56. The summed E-state index contributed by atoms with van der Waals surface area (Å²) in [5.41, 5.74) is 5.96. The minimum Gasteiger partial charge on any atom is -0.497 e. The standard InChI is InChI=1S/C20H19N5O5S/c1-28-15-5-3-14(4-6-15)25-12-21-24-20(25)31-11-18(26)22-23-19(27)13-2-7-16-17(10-13)30-9-8-29-16/h2-7,10,12H,8-9,11H2,1H3,(H,22,26)(H,23,27). The van der Waals surface area contributed by atoms with Gasteiger partial charge in [-0.2, -0.15) is 0 Å². The number of amides is 2. The first kappa shape index (κ1) is 20.5. The summed E-state index contributed by atoms with van der Waals surface area (Å²) in [7, 11) is 1.60. The Morgan fingerprint density at radius 3 is 2.65 bits per heavy atom. The first-order valence-corrected chi connectivity index (χ1v) is 10.3. The number of hydrazine groups is 1. The molecule has 0 spiro atoms. The lowest BCUT2D eigenvalue weighted by atomic mass is 10.2. The zero-order chi connectivity index (χ0) is 21.6. The van der Waals surface area contributed by atoms with Gasteiger partial charge in [0.15, 0.2) is 16.7 Å². The number of thioether (sulfide) groups is 1. The van der Waals surface area contributed by atoms with Crippen LogP contribution in [0.5, 0.6) is 17.2 Å². The third-order valence-corrected chi connectivity index (χ3v) is 5.26. The molecule has 0 atom stereocenters. The minimum atomic E-state index is -0.461. The Hall–Kier alpha value is -3.73. The normalized spacial score (nSPS) is 12.2. The van der Waals surface area contributed by atoms with E-state index in [-0.39, 0.29) is 11.7 Å². The molecular weight excluding hydrogens is 422 g/mol. The van der Waals surface area contributed by atoms with Crippen molar-refractivity contribution in [3.05, 3.63) is 54.4 Å². The van der Waals surface area contributed by atoms with Gasteiger partial charge >= 0.3 is 0 Å². The van der Waals surface area contributed by atoms with Crippen LogP contribution in [0.4, 0.5) is 0 Å². The largest absolute Gasteiger partial charge is 0.497 e. The average Bonchev–Trinajstić information content (AvgIpc) is 3.29. The molecule has 1 aliphatic heterocycles. The molecule has 0 fully saturated rings. The van der Waals surface area contributed by atoms with Gasteiger partial charge in [-0.15, -0.1) is 10.2 Å². The third kappa shape index (κ3) is 4.89. The fourth-order valence-corrected chi connectivity index (χ4v) is 3.52. The molecule has 2 amide bonds. The summed E-state index contributed by atoms with van der Waals surface area (Å²) in [5, 5.41) is 8.49. The van der Waals surface area contributed by atoms with E-state index in [0.29, 0.717) is 35.4 Å². The second kappa shape index (κ2) is 9.39. The maximum Gasteiger partial charge on any atom is 0.269 e. The number of hydrogen-bond acceptors (Lipinski definition) is 8. The minimum absolute atomic E-state index is 0.0380. The van der Waals surface area contributed by atoms with Gasteiger partial charge in [-0.3, -0.25) is 25.0 Å². The highest BCUT2D eigenvalue weighted by atomic mass is 32.2. The molecule has 2 N–H and O–H groups in total. The van der Waals surface area contributed by atoms with Gasteiger partial charge in [-0.1, -0.05) is 11.8 Å². The van der Waals surface area contributed by atoms with E-state index in [9.17, 15) is 9.59 Å². The van der Waals surface area contributed by atoms with Crippen molar-refractivity contribution in [3.8, 4) is 22.9 Å². The molecule has 11 heteroatoms. The van der Waals surface area contributed by atoms with Crippen LogP contribution in [0, 0.1) is 0 Å². The van der Waals surface area contributed by atoms with Crippen LogP contribution in [0.2, 0.25) is 0 Å². The predicted molar refractivity (Wildman–Crippen MR) is 112 cm³/mol. The van der Waals surface area contributed by atoms with Crippen LogP contribution in [-0.2, 0) is 4.79 Å². The number of rotatable bonds is 6. The van der Waals surface area contributed by atoms with Gasteiger partial charge in [0.2, 0.25) is 5.91 Å². The Balaban J connectivity index is 1.30. The van der Waals surface area contributed by atoms with Crippen LogP contribution in [0.3, 0.4) is 0 Å². The summed E-state index contributed by atoms with van der Waals surface area (Å²) in [4.78, 5) is 24.5. The number of aromatic nitrogens is 3. The van der Waals surface area contributed by atoms with Crippen molar-refractivity contribution >= 4 is 23.6 Å². The molecule has 31 heavy (non-hydrogen) atoms. The predicted octanol–water partition coefficient (Wildman–Crippen LogP) is 1.60. The van der Waals surface area contributed by atoms with E-state index < -0.39 is 5.91 Å². The second-order valence-corrected chi connectivity index (χ2v) is 7.27. The number of fused-ring (bicyclic) bond motifs is 1. The van der Waals surface area contributed by atoms with Crippen molar-refractivity contribution in [2.45, 2.75) is 5.16 Å². The van der Waals surface area contributed by atoms with Crippen molar-refractivity contribution in [2.24, 2.45) is 0 Å². The van der Waals surface area contributed by atoms with E-state index in [0.717, 1.165) is 11.4 Å². The van der Waals surface area contributed by atoms with Gasteiger partial charge in [0.1, 0.15) is 25.3 Å². The highest BCUT2D eigenvalue weighted by Gasteiger charge is 2.16. The molecule has 3 aromatic rings. The molecule has 1 aromatic heterocycles. The van der Waals surface area contributed by atoms with Crippen LogP contribution < -0.4 is 25.1 Å². The van der Waals surface area contributed by atoms with Crippen molar-refractivity contribution < 1.29 is 23.8 Å². The smallest absolute Gasteiger partial charge is 0.269 e. The lowest BCUT2D eigenvalue weighted by Crippen LogP contribution is -2.42. The second-order valence-electron chi connectivity index (χ2n) is 6.33. The molecule has 2 aromatic carbocycles. The Labute approximate surface area is 181 Å². The number of nitrogens with one attached hydrogen (secondary N) is 2. The quantitative estimate of drug-likeness (QED) is 0.438. The summed E-state index contributed by atoms with van der Waals surface area (Å²) in [6.45, 7) is 0.895. The monoisotopic (exact) mass is 441 g/mol. The molecule has 10 nitrogen and oxygen atoms in total. The number of nitrogens with zero attached hydrogens (tertiary/aromatic N) is 3. The van der Waals surface area contributed by atoms with Gasteiger partial charge in [-0.05, 0) is 42.5 Å². The first-order chi connectivity index (χ1) is 15.1. The Morgan fingerprint density at radius 2 is 1.87 bits per heavy atom. The highest BCUT2D eigenvalue weighted by molar-refractivity contribution is 7.99. The van der Waals surface area contributed by atoms with Gasteiger partial charge in [-0.25, -0.2) is 0 Å². The average molecular weight is 441 g/mol. The van der Waals surface area contributed by atoms with Crippen LogP contribution in [-0.4, -0.2) is 52.7 Å². The van der Waals surface area contributed by atoms with E-state index >= 15 is 0 Å². The SMILES string of the molecule is COc1ccc(-n2cnnc2SCC(=O)NNC(=O)c2ccc3c(c2)OCCO3)cc1. The van der Waals surface area contributed by atoms with E-state index in [2.05, 4.69) is 21.0 Å². The molecule has 1 aliphatic rings. The van der Waals surface area contributed by atoms with Crippen molar-refractivity contribution in [1.82, 2.24) is 25.6 Å². The summed E-state index contributed by atoms with van der Waals surface area (Å²) >= 11 is 1.19. The molecule has 0 saturated carbocycles. The van der Waals surface area contributed by atoms with Gasteiger partial charge < -0.3 is 14.2 Å². The summed E-state index contributed by atoms with van der Waals surface area (Å²) in [5.74, 6) is 1.01. The summed E-state index contributed by atoms with van der Waals surface area (Å²) in [6, 6.07) is 12.2. The van der Waals surface area contributed by atoms with Gasteiger partial charge in [0.05, 0.1) is 12.9 Å². The molecule has 160 valence electrons. The maximum absolute atomic E-state index is 12.3. The Kier molecular flexibility index (Phi) is 6.22. The number of hydrogen-bond donors (Lipinski definition) is 2. The van der Waals surface area contributed by atoms with E-state index in [1.165, 1.54) is 11.8 Å². The van der Waals surface area contributed by atoms with Gasteiger partial charge in [0.25, 0.3) is 5.91 Å². The summed E-state index contributed by atoms with van der Waals surface area (Å²) < 4.78 is 17.8. The first-order valence-electron chi connectivity index (χ1n) is 9.30. The number of carbonyl (C=O) groups is 2. The fraction of sp³-hybridized carbons (Fsp3) is 0.200. The highest BCUT2D eigenvalue weighted by Crippen LogP contribution is 2.30. The molecule has 0 aliphatic carbocycles.